The number of phenols is 1. The summed E-state index contributed by atoms with van der Waals surface area (Å²) < 4.78 is 4.95. The van der Waals surface area contributed by atoms with Gasteiger partial charge in [0.15, 0.2) is 0 Å². The third-order valence-corrected chi connectivity index (χ3v) is 2.91. The van der Waals surface area contributed by atoms with Gasteiger partial charge in [0.05, 0.1) is 17.9 Å². The third kappa shape index (κ3) is 4.64. The van der Waals surface area contributed by atoms with Crippen LogP contribution in [0.2, 0.25) is 0 Å². The zero-order valence-electron chi connectivity index (χ0n) is 12.3. The zero-order chi connectivity index (χ0) is 16.0. The van der Waals surface area contributed by atoms with Gasteiger partial charge < -0.3 is 25.2 Å². The average Bonchev–Trinajstić information content (AvgIpc) is 2.40. The van der Waals surface area contributed by atoms with Crippen LogP contribution in [0.1, 0.15) is 24.2 Å². The maximum atomic E-state index is 12.2. The molecule has 0 aliphatic rings. The first-order chi connectivity index (χ1) is 9.86. The van der Waals surface area contributed by atoms with E-state index in [1.165, 1.54) is 12.1 Å². The Kier molecular flexibility index (Phi) is 5.98. The molecule has 7 heteroatoms. The monoisotopic (exact) mass is 296 g/mol. The summed E-state index contributed by atoms with van der Waals surface area (Å²) in [6, 6.07) is 3.33. The van der Waals surface area contributed by atoms with Crippen molar-refractivity contribution in [2.45, 2.75) is 19.9 Å². The summed E-state index contributed by atoms with van der Waals surface area (Å²) in [5.74, 6) is -1.44. The molecule has 1 aromatic carbocycles. The lowest BCUT2D eigenvalue weighted by atomic mass is 10.2. The van der Waals surface area contributed by atoms with E-state index in [1.54, 1.807) is 12.0 Å². The summed E-state index contributed by atoms with van der Waals surface area (Å²) in [7, 11) is 1.55. The van der Waals surface area contributed by atoms with E-state index in [-0.39, 0.29) is 29.1 Å². The van der Waals surface area contributed by atoms with E-state index in [2.05, 4.69) is 5.32 Å². The Balaban J connectivity index is 2.83. The molecule has 1 aromatic rings. The first-order valence-electron chi connectivity index (χ1n) is 6.49. The molecule has 2 amide bonds. The van der Waals surface area contributed by atoms with E-state index in [0.717, 1.165) is 6.07 Å². The van der Waals surface area contributed by atoms with E-state index in [4.69, 9.17) is 9.84 Å². The summed E-state index contributed by atoms with van der Waals surface area (Å²) in [4.78, 5) is 24.5. The first-order valence-corrected chi connectivity index (χ1v) is 6.49. The first kappa shape index (κ1) is 16.8. The molecule has 0 aromatic heterocycles. The Morgan fingerprint density at radius 1 is 1.38 bits per heavy atom. The lowest BCUT2D eigenvalue weighted by Gasteiger charge is -2.26. The van der Waals surface area contributed by atoms with Gasteiger partial charge in [-0.05, 0) is 32.0 Å². The Hall–Kier alpha value is -2.28. The van der Waals surface area contributed by atoms with Crippen molar-refractivity contribution < 1.29 is 24.5 Å². The Morgan fingerprint density at radius 2 is 2.05 bits per heavy atom. The topological polar surface area (TPSA) is 99.1 Å². The molecule has 0 spiro atoms. The Morgan fingerprint density at radius 3 is 2.52 bits per heavy atom. The average molecular weight is 296 g/mol. The van der Waals surface area contributed by atoms with Crippen LogP contribution in [0.25, 0.3) is 0 Å². The quantitative estimate of drug-likeness (QED) is 0.697. The van der Waals surface area contributed by atoms with Crippen LogP contribution in [0.15, 0.2) is 18.2 Å². The molecular formula is C14H20N2O5. The van der Waals surface area contributed by atoms with Crippen LogP contribution < -0.4 is 5.32 Å². The van der Waals surface area contributed by atoms with Crippen LogP contribution in [0.3, 0.4) is 0 Å². The molecule has 0 bridgehead atoms. The molecule has 0 aliphatic carbocycles. The van der Waals surface area contributed by atoms with Gasteiger partial charge in [-0.2, -0.15) is 0 Å². The number of carbonyl (C=O) groups is 2. The standard InChI is InChI=1S/C14H20N2O5/c1-9(2)16(6-7-21-3)14(20)15-11-5-4-10(13(18)19)8-12(11)17/h4-5,8-9,17H,6-7H2,1-3H3,(H,15,20)(H,18,19). The highest BCUT2D eigenvalue weighted by atomic mass is 16.5. The van der Waals surface area contributed by atoms with Crippen molar-refractivity contribution in [1.82, 2.24) is 4.90 Å². The van der Waals surface area contributed by atoms with Gasteiger partial charge in [-0.25, -0.2) is 9.59 Å². The molecule has 0 radical (unpaired) electrons. The number of nitrogens with one attached hydrogen (secondary N) is 1. The van der Waals surface area contributed by atoms with Crippen molar-refractivity contribution >= 4 is 17.7 Å². The number of hydrogen-bond acceptors (Lipinski definition) is 4. The number of hydrogen-bond donors (Lipinski definition) is 3. The second kappa shape index (κ2) is 7.49. The normalized spacial score (nSPS) is 10.5. The number of anilines is 1. The fraction of sp³-hybridized carbons (Fsp3) is 0.429. The highest BCUT2D eigenvalue weighted by Gasteiger charge is 2.18. The van der Waals surface area contributed by atoms with Gasteiger partial charge in [0.1, 0.15) is 5.75 Å². The van der Waals surface area contributed by atoms with E-state index < -0.39 is 5.97 Å². The SMILES string of the molecule is COCCN(C(=O)Nc1ccc(C(=O)O)cc1O)C(C)C. The maximum absolute atomic E-state index is 12.2. The smallest absolute Gasteiger partial charge is 0.335 e. The van der Waals surface area contributed by atoms with Gasteiger partial charge in [-0.3, -0.25) is 0 Å². The molecule has 116 valence electrons. The molecule has 0 saturated heterocycles. The summed E-state index contributed by atoms with van der Waals surface area (Å²) in [6.07, 6.45) is 0. The Labute approximate surface area is 123 Å². The number of nitrogens with zero attached hydrogens (tertiary/aromatic N) is 1. The van der Waals surface area contributed by atoms with Crippen molar-refractivity contribution in [3.05, 3.63) is 23.8 Å². The van der Waals surface area contributed by atoms with E-state index in [1.807, 2.05) is 13.8 Å². The number of carboxylic acids is 1. The summed E-state index contributed by atoms with van der Waals surface area (Å²) in [5.41, 5.74) is 0.110. The molecule has 0 fully saturated rings. The number of amides is 2. The fourth-order valence-electron chi connectivity index (χ4n) is 1.74. The van der Waals surface area contributed by atoms with Crippen LogP contribution in [0, 0.1) is 0 Å². The summed E-state index contributed by atoms with van der Waals surface area (Å²) in [5, 5.41) is 21.1. The maximum Gasteiger partial charge on any atom is 0.335 e. The van der Waals surface area contributed by atoms with Gasteiger partial charge in [0.25, 0.3) is 0 Å². The molecule has 1 rings (SSSR count). The van der Waals surface area contributed by atoms with Crippen LogP contribution in [0.5, 0.6) is 5.75 Å². The molecule has 0 aliphatic heterocycles. The van der Waals surface area contributed by atoms with Crippen LogP contribution in [-0.2, 0) is 4.74 Å². The highest BCUT2D eigenvalue weighted by molar-refractivity contribution is 5.93. The number of carbonyl (C=O) groups excluding carboxylic acids is 1. The number of rotatable bonds is 6. The van der Waals surface area contributed by atoms with Crippen molar-refractivity contribution in [3.8, 4) is 5.75 Å². The van der Waals surface area contributed by atoms with Gasteiger partial charge >= 0.3 is 12.0 Å². The van der Waals surface area contributed by atoms with Crippen molar-refractivity contribution in [3.63, 3.8) is 0 Å². The van der Waals surface area contributed by atoms with Gasteiger partial charge in [0, 0.05) is 19.7 Å². The number of carboxylic acid groups (broad SMARTS) is 1. The number of benzene rings is 1. The minimum absolute atomic E-state index is 0.0411. The predicted octanol–water partition coefficient (Wildman–Crippen LogP) is 1.98. The predicted molar refractivity (Wildman–Crippen MR) is 77.8 cm³/mol. The number of phenolic OH excluding ortho intramolecular Hbond substituents is 1. The van der Waals surface area contributed by atoms with E-state index in [0.29, 0.717) is 13.2 Å². The number of ether oxygens (including phenoxy) is 1. The molecule has 0 unspecified atom stereocenters. The molecule has 21 heavy (non-hydrogen) atoms. The number of aromatic carboxylic acids is 1. The van der Waals surface area contributed by atoms with Gasteiger partial charge in [-0.15, -0.1) is 0 Å². The van der Waals surface area contributed by atoms with Crippen molar-refractivity contribution in [1.29, 1.82) is 0 Å². The van der Waals surface area contributed by atoms with Crippen LogP contribution >= 0.6 is 0 Å². The lowest BCUT2D eigenvalue weighted by molar-refractivity contribution is 0.0696. The summed E-state index contributed by atoms with van der Waals surface area (Å²) in [6.45, 7) is 4.54. The zero-order valence-corrected chi connectivity index (χ0v) is 12.3. The molecule has 0 atom stereocenters. The largest absolute Gasteiger partial charge is 0.506 e. The minimum Gasteiger partial charge on any atom is -0.506 e. The molecule has 3 N–H and O–H groups in total. The van der Waals surface area contributed by atoms with E-state index in [9.17, 15) is 14.7 Å². The van der Waals surface area contributed by atoms with Crippen LogP contribution in [0.4, 0.5) is 10.5 Å². The summed E-state index contributed by atoms with van der Waals surface area (Å²) >= 11 is 0. The van der Waals surface area contributed by atoms with Crippen molar-refractivity contribution in [2.75, 3.05) is 25.6 Å². The number of aromatic hydroxyl groups is 1. The third-order valence-electron chi connectivity index (χ3n) is 2.91. The van der Waals surface area contributed by atoms with Crippen LogP contribution in [-0.4, -0.2) is 53.4 Å². The van der Waals surface area contributed by atoms with Gasteiger partial charge in [0.2, 0.25) is 0 Å². The minimum atomic E-state index is -1.15. The van der Waals surface area contributed by atoms with E-state index >= 15 is 0 Å². The second-order valence-corrected chi connectivity index (χ2v) is 4.75. The van der Waals surface area contributed by atoms with Crippen molar-refractivity contribution in [2.24, 2.45) is 0 Å². The lowest BCUT2D eigenvalue weighted by Crippen LogP contribution is -2.42. The number of methoxy groups -OCH3 is 1. The molecule has 0 heterocycles. The fourth-order valence-corrected chi connectivity index (χ4v) is 1.74. The molecule has 7 nitrogen and oxygen atoms in total. The molecule has 0 saturated carbocycles. The number of urea groups is 1. The highest BCUT2D eigenvalue weighted by Crippen LogP contribution is 2.24. The second-order valence-electron chi connectivity index (χ2n) is 4.75. The Bertz CT molecular complexity index is 516. The molecular weight excluding hydrogens is 276 g/mol. The van der Waals surface area contributed by atoms with Gasteiger partial charge in [-0.1, -0.05) is 0 Å².